The molecule has 0 saturated carbocycles. The van der Waals surface area contributed by atoms with Crippen molar-refractivity contribution in [3.05, 3.63) is 46.5 Å². The van der Waals surface area contributed by atoms with Gasteiger partial charge in [-0.15, -0.1) is 11.3 Å². The van der Waals surface area contributed by atoms with Crippen LogP contribution < -0.4 is 4.90 Å². The van der Waals surface area contributed by atoms with Crippen LogP contribution >= 0.6 is 11.3 Å². The molecule has 1 aromatic carbocycles. The molecule has 0 spiro atoms. The van der Waals surface area contributed by atoms with Crippen molar-refractivity contribution in [2.75, 3.05) is 44.2 Å². The largest absolute Gasteiger partial charge is 0.345 e. The van der Waals surface area contributed by atoms with Crippen molar-refractivity contribution in [3.63, 3.8) is 0 Å². The fourth-order valence-electron chi connectivity index (χ4n) is 3.62. The van der Waals surface area contributed by atoms with Gasteiger partial charge in [0.05, 0.1) is 11.3 Å². The highest BCUT2D eigenvalue weighted by Gasteiger charge is 2.26. The van der Waals surface area contributed by atoms with E-state index in [9.17, 15) is 13.6 Å². The van der Waals surface area contributed by atoms with E-state index < -0.39 is 17.5 Å². The van der Waals surface area contributed by atoms with Gasteiger partial charge in [-0.3, -0.25) is 9.69 Å². The molecule has 0 N–H and O–H groups in total. The van der Waals surface area contributed by atoms with Gasteiger partial charge >= 0.3 is 0 Å². The molecule has 2 saturated heterocycles. The molecule has 0 radical (unpaired) electrons. The van der Waals surface area contributed by atoms with Gasteiger partial charge in [0.2, 0.25) is 0 Å². The number of halogens is 2. The number of hydrogen-bond acceptors (Lipinski definition) is 5. The van der Waals surface area contributed by atoms with Gasteiger partial charge in [0, 0.05) is 38.1 Å². The SMILES string of the molecule is O=C(c1cc(F)ccc1F)N1CCN(c2nc(CN3CCCC3)cs2)CC1. The summed E-state index contributed by atoms with van der Waals surface area (Å²) in [5, 5.41) is 3.07. The van der Waals surface area contributed by atoms with Gasteiger partial charge in [-0.25, -0.2) is 13.8 Å². The number of carbonyl (C=O) groups excluding carboxylic acids is 1. The average molecular weight is 392 g/mol. The molecule has 2 aromatic rings. The standard InChI is InChI=1S/C19H22F2N4OS/c20-14-3-4-17(21)16(11-14)18(26)24-7-9-25(10-8-24)19-22-15(13-27-19)12-23-5-1-2-6-23/h3-4,11,13H,1-2,5-10,12H2. The van der Waals surface area contributed by atoms with Crippen LogP contribution in [0, 0.1) is 11.6 Å². The van der Waals surface area contributed by atoms with Crippen molar-refractivity contribution in [1.29, 1.82) is 0 Å². The average Bonchev–Trinajstić information content (AvgIpc) is 3.36. The molecule has 0 aliphatic carbocycles. The first kappa shape index (κ1) is 18.3. The van der Waals surface area contributed by atoms with Gasteiger partial charge in [-0.05, 0) is 44.1 Å². The Balaban J connectivity index is 1.35. The zero-order valence-corrected chi connectivity index (χ0v) is 15.9. The second-order valence-electron chi connectivity index (χ2n) is 7.01. The van der Waals surface area contributed by atoms with Gasteiger partial charge < -0.3 is 9.80 Å². The van der Waals surface area contributed by atoms with Crippen LogP contribution in [-0.4, -0.2) is 60.0 Å². The Kier molecular flexibility index (Phi) is 5.36. The van der Waals surface area contributed by atoms with E-state index >= 15 is 0 Å². The highest BCUT2D eigenvalue weighted by molar-refractivity contribution is 7.13. The Morgan fingerprint density at radius 2 is 1.81 bits per heavy atom. The van der Waals surface area contributed by atoms with E-state index in [4.69, 9.17) is 4.98 Å². The Morgan fingerprint density at radius 1 is 1.07 bits per heavy atom. The Morgan fingerprint density at radius 3 is 2.56 bits per heavy atom. The lowest BCUT2D eigenvalue weighted by Crippen LogP contribution is -2.49. The number of likely N-dealkylation sites (tertiary alicyclic amines) is 1. The van der Waals surface area contributed by atoms with Crippen molar-refractivity contribution in [2.45, 2.75) is 19.4 Å². The van der Waals surface area contributed by atoms with E-state index in [1.165, 1.54) is 12.8 Å². The van der Waals surface area contributed by atoms with Crippen LogP contribution in [0.15, 0.2) is 23.6 Å². The summed E-state index contributed by atoms with van der Waals surface area (Å²) in [4.78, 5) is 23.4. The summed E-state index contributed by atoms with van der Waals surface area (Å²) in [6.07, 6.45) is 2.53. The van der Waals surface area contributed by atoms with E-state index in [1.807, 2.05) is 0 Å². The van der Waals surface area contributed by atoms with Crippen molar-refractivity contribution in [1.82, 2.24) is 14.8 Å². The van der Waals surface area contributed by atoms with Crippen molar-refractivity contribution in [2.24, 2.45) is 0 Å². The maximum atomic E-state index is 13.8. The highest BCUT2D eigenvalue weighted by atomic mass is 32.1. The predicted molar refractivity (Wildman–Crippen MR) is 101 cm³/mol. The zero-order chi connectivity index (χ0) is 18.8. The fraction of sp³-hybridized carbons (Fsp3) is 0.474. The van der Waals surface area contributed by atoms with E-state index in [-0.39, 0.29) is 5.56 Å². The topological polar surface area (TPSA) is 39.7 Å². The van der Waals surface area contributed by atoms with Gasteiger partial charge in [0.15, 0.2) is 5.13 Å². The molecule has 0 atom stereocenters. The number of amides is 1. The summed E-state index contributed by atoms with van der Waals surface area (Å²) in [5.41, 5.74) is 0.892. The highest BCUT2D eigenvalue weighted by Crippen LogP contribution is 2.24. The third-order valence-electron chi connectivity index (χ3n) is 5.12. The van der Waals surface area contributed by atoms with Crippen molar-refractivity contribution in [3.8, 4) is 0 Å². The molecule has 2 aliphatic heterocycles. The molecule has 5 nitrogen and oxygen atoms in total. The van der Waals surface area contributed by atoms with E-state index in [1.54, 1.807) is 16.2 Å². The Bertz CT molecular complexity index is 814. The summed E-state index contributed by atoms with van der Waals surface area (Å²) in [6.45, 7) is 5.40. The van der Waals surface area contributed by atoms with Crippen LogP contribution in [0.4, 0.5) is 13.9 Å². The van der Waals surface area contributed by atoms with Gasteiger partial charge in [0.1, 0.15) is 11.6 Å². The first-order valence-corrected chi connectivity index (χ1v) is 10.1. The second-order valence-corrected chi connectivity index (χ2v) is 7.84. The lowest BCUT2D eigenvalue weighted by atomic mass is 10.1. The number of nitrogens with zero attached hydrogens (tertiary/aromatic N) is 4. The molecule has 144 valence electrons. The third-order valence-corrected chi connectivity index (χ3v) is 6.07. The molecule has 1 amide bonds. The summed E-state index contributed by atoms with van der Waals surface area (Å²) in [6, 6.07) is 2.98. The number of piperazine rings is 1. The number of benzene rings is 1. The maximum absolute atomic E-state index is 13.8. The molecule has 4 rings (SSSR count). The molecular weight excluding hydrogens is 370 g/mol. The van der Waals surface area contributed by atoms with Crippen LogP contribution in [0.25, 0.3) is 0 Å². The molecule has 0 bridgehead atoms. The lowest BCUT2D eigenvalue weighted by Gasteiger charge is -2.34. The van der Waals surface area contributed by atoms with Crippen LogP contribution in [0.1, 0.15) is 28.9 Å². The van der Waals surface area contributed by atoms with Crippen molar-refractivity contribution >= 4 is 22.4 Å². The quantitative estimate of drug-likeness (QED) is 0.802. The monoisotopic (exact) mass is 392 g/mol. The summed E-state index contributed by atoms with van der Waals surface area (Å²) in [7, 11) is 0. The molecule has 1 aromatic heterocycles. The Hall–Kier alpha value is -2.06. The summed E-state index contributed by atoms with van der Waals surface area (Å²) < 4.78 is 27.2. The summed E-state index contributed by atoms with van der Waals surface area (Å²) >= 11 is 1.62. The van der Waals surface area contributed by atoms with Gasteiger partial charge in [0.25, 0.3) is 5.91 Å². The first-order valence-electron chi connectivity index (χ1n) is 9.26. The minimum atomic E-state index is -0.685. The van der Waals surface area contributed by atoms with Crippen LogP contribution in [-0.2, 0) is 6.54 Å². The van der Waals surface area contributed by atoms with E-state index in [0.717, 1.165) is 48.7 Å². The fourth-order valence-corrected chi connectivity index (χ4v) is 4.49. The smallest absolute Gasteiger partial charge is 0.257 e. The first-order chi connectivity index (χ1) is 13.1. The minimum Gasteiger partial charge on any atom is -0.345 e. The molecule has 3 heterocycles. The van der Waals surface area contributed by atoms with Crippen molar-refractivity contribution < 1.29 is 13.6 Å². The normalized spacial score (nSPS) is 18.3. The van der Waals surface area contributed by atoms with E-state index in [0.29, 0.717) is 26.2 Å². The number of aromatic nitrogens is 1. The number of anilines is 1. The maximum Gasteiger partial charge on any atom is 0.257 e. The number of hydrogen-bond donors (Lipinski definition) is 0. The number of thiazole rings is 1. The molecular formula is C19H22F2N4OS. The van der Waals surface area contributed by atoms with Crippen LogP contribution in [0.3, 0.4) is 0 Å². The number of rotatable bonds is 4. The molecule has 2 fully saturated rings. The molecule has 0 unspecified atom stereocenters. The van der Waals surface area contributed by atoms with Crippen LogP contribution in [0.5, 0.6) is 0 Å². The third kappa shape index (κ3) is 4.11. The predicted octanol–water partition coefficient (Wildman–Crippen LogP) is 2.98. The molecule has 27 heavy (non-hydrogen) atoms. The Labute approximate surface area is 161 Å². The van der Waals surface area contributed by atoms with Gasteiger partial charge in [-0.2, -0.15) is 0 Å². The molecule has 2 aliphatic rings. The van der Waals surface area contributed by atoms with Gasteiger partial charge in [-0.1, -0.05) is 0 Å². The minimum absolute atomic E-state index is 0.203. The molecule has 8 heteroatoms. The lowest BCUT2D eigenvalue weighted by molar-refractivity contribution is 0.0741. The van der Waals surface area contributed by atoms with Crippen LogP contribution in [0.2, 0.25) is 0 Å². The second kappa shape index (κ2) is 7.90. The number of carbonyl (C=O) groups is 1. The zero-order valence-electron chi connectivity index (χ0n) is 15.0. The van der Waals surface area contributed by atoms with E-state index in [2.05, 4.69) is 15.2 Å². The summed E-state index contributed by atoms with van der Waals surface area (Å²) in [5.74, 6) is -1.75.